The first kappa shape index (κ1) is 13.7. The molecule has 0 fully saturated rings. The highest BCUT2D eigenvalue weighted by Crippen LogP contribution is 2.24. The molecular formula is C14H16F2N2O. The number of imidazole rings is 1. The number of nitrogens with zero attached hydrogens (tertiary/aromatic N) is 2. The quantitative estimate of drug-likeness (QED) is 0.903. The molecule has 2 aromatic rings. The largest absolute Gasteiger partial charge is 0.388 e. The molecule has 0 aliphatic heterocycles. The molecule has 0 amide bonds. The summed E-state index contributed by atoms with van der Waals surface area (Å²) < 4.78 is 27.0. The van der Waals surface area contributed by atoms with Crippen molar-refractivity contribution >= 4 is 0 Å². The average molecular weight is 266 g/mol. The van der Waals surface area contributed by atoms with E-state index in [1.54, 1.807) is 18.3 Å². The topological polar surface area (TPSA) is 38.0 Å². The number of aromatic nitrogens is 2. The van der Waals surface area contributed by atoms with E-state index in [1.807, 2.05) is 17.8 Å². The van der Waals surface area contributed by atoms with Crippen LogP contribution in [0.5, 0.6) is 0 Å². The standard InChI is InChI=1S/C14H16F2N2O/c1-18-8-7-17-13(18)6-5-12(19)10-3-2-4-11(9-10)14(15)16/h2-4,7-9,12,14,19H,5-6H2,1H3. The highest BCUT2D eigenvalue weighted by atomic mass is 19.3. The van der Waals surface area contributed by atoms with Crippen molar-refractivity contribution < 1.29 is 13.9 Å². The third kappa shape index (κ3) is 3.38. The van der Waals surface area contributed by atoms with Gasteiger partial charge in [-0.15, -0.1) is 0 Å². The molecule has 5 heteroatoms. The van der Waals surface area contributed by atoms with Gasteiger partial charge in [-0.3, -0.25) is 0 Å². The summed E-state index contributed by atoms with van der Waals surface area (Å²) in [5, 5.41) is 10.0. The van der Waals surface area contributed by atoms with Crippen LogP contribution in [-0.4, -0.2) is 14.7 Å². The van der Waals surface area contributed by atoms with Crippen LogP contribution in [0.3, 0.4) is 0 Å². The Morgan fingerprint density at radius 2 is 2.05 bits per heavy atom. The minimum absolute atomic E-state index is 0.0615. The van der Waals surface area contributed by atoms with Crippen LogP contribution in [0.25, 0.3) is 0 Å². The summed E-state index contributed by atoms with van der Waals surface area (Å²) >= 11 is 0. The zero-order valence-electron chi connectivity index (χ0n) is 10.6. The van der Waals surface area contributed by atoms with Crippen molar-refractivity contribution in [2.45, 2.75) is 25.4 Å². The molecule has 19 heavy (non-hydrogen) atoms. The minimum atomic E-state index is -2.51. The predicted molar refractivity (Wildman–Crippen MR) is 67.9 cm³/mol. The van der Waals surface area contributed by atoms with Gasteiger partial charge in [0.1, 0.15) is 5.82 Å². The molecule has 1 heterocycles. The lowest BCUT2D eigenvalue weighted by Gasteiger charge is -2.12. The Balaban J connectivity index is 2.01. The number of aliphatic hydroxyl groups is 1. The first-order valence-electron chi connectivity index (χ1n) is 6.10. The van der Waals surface area contributed by atoms with Gasteiger partial charge in [0.15, 0.2) is 0 Å². The molecule has 0 saturated heterocycles. The van der Waals surface area contributed by atoms with Crippen molar-refractivity contribution in [3.8, 4) is 0 Å². The molecule has 1 aromatic heterocycles. The second-order valence-electron chi connectivity index (χ2n) is 4.48. The maximum absolute atomic E-state index is 12.6. The smallest absolute Gasteiger partial charge is 0.263 e. The van der Waals surface area contributed by atoms with Crippen LogP contribution in [0.15, 0.2) is 36.7 Å². The van der Waals surface area contributed by atoms with Crippen LogP contribution in [0.1, 0.15) is 35.9 Å². The van der Waals surface area contributed by atoms with E-state index in [0.29, 0.717) is 18.4 Å². The Morgan fingerprint density at radius 1 is 1.32 bits per heavy atom. The van der Waals surface area contributed by atoms with E-state index in [2.05, 4.69) is 4.98 Å². The summed E-state index contributed by atoms with van der Waals surface area (Å²) in [7, 11) is 1.88. The molecule has 0 aliphatic carbocycles. The van der Waals surface area contributed by atoms with Crippen molar-refractivity contribution in [1.29, 1.82) is 0 Å². The second kappa shape index (κ2) is 5.93. The molecule has 2 rings (SSSR count). The van der Waals surface area contributed by atoms with Gasteiger partial charge in [0.25, 0.3) is 6.43 Å². The number of benzene rings is 1. The number of aryl methyl sites for hydroxylation is 2. The maximum Gasteiger partial charge on any atom is 0.263 e. The molecule has 1 N–H and O–H groups in total. The van der Waals surface area contributed by atoms with Crippen LogP contribution in [0, 0.1) is 0 Å². The van der Waals surface area contributed by atoms with E-state index in [1.165, 1.54) is 12.1 Å². The van der Waals surface area contributed by atoms with E-state index in [9.17, 15) is 13.9 Å². The fourth-order valence-corrected chi connectivity index (χ4v) is 1.97. The molecule has 1 atom stereocenters. The Labute approximate surface area is 110 Å². The fraction of sp³-hybridized carbons (Fsp3) is 0.357. The van der Waals surface area contributed by atoms with Crippen LogP contribution in [0.4, 0.5) is 8.78 Å². The van der Waals surface area contributed by atoms with Gasteiger partial charge in [0.2, 0.25) is 0 Å². The Bertz CT molecular complexity index is 540. The van der Waals surface area contributed by atoms with E-state index in [0.717, 1.165) is 5.82 Å². The van der Waals surface area contributed by atoms with Gasteiger partial charge in [-0.25, -0.2) is 13.8 Å². The lowest BCUT2D eigenvalue weighted by atomic mass is 10.0. The molecule has 0 saturated carbocycles. The number of hydrogen-bond donors (Lipinski definition) is 1. The minimum Gasteiger partial charge on any atom is -0.388 e. The van der Waals surface area contributed by atoms with E-state index in [-0.39, 0.29) is 5.56 Å². The highest BCUT2D eigenvalue weighted by molar-refractivity contribution is 5.26. The van der Waals surface area contributed by atoms with Gasteiger partial charge >= 0.3 is 0 Å². The normalized spacial score (nSPS) is 12.9. The van der Waals surface area contributed by atoms with E-state index < -0.39 is 12.5 Å². The van der Waals surface area contributed by atoms with Crippen molar-refractivity contribution in [2.75, 3.05) is 0 Å². The molecule has 0 radical (unpaired) electrons. The van der Waals surface area contributed by atoms with E-state index in [4.69, 9.17) is 0 Å². The van der Waals surface area contributed by atoms with Gasteiger partial charge in [-0.05, 0) is 18.1 Å². The van der Waals surface area contributed by atoms with Crippen LogP contribution in [-0.2, 0) is 13.5 Å². The van der Waals surface area contributed by atoms with Crippen molar-refractivity contribution in [3.63, 3.8) is 0 Å². The van der Waals surface area contributed by atoms with Gasteiger partial charge in [0.05, 0.1) is 6.10 Å². The summed E-state index contributed by atoms with van der Waals surface area (Å²) in [6.45, 7) is 0. The summed E-state index contributed by atoms with van der Waals surface area (Å²) in [6, 6.07) is 5.92. The molecule has 3 nitrogen and oxygen atoms in total. The fourth-order valence-electron chi connectivity index (χ4n) is 1.97. The zero-order chi connectivity index (χ0) is 13.8. The van der Waals surface area contributed by atoms with Crippen LogP contribution >= 0.6 is 0 Å². The van der Waals surface area contributed by atoms with Crippen molar-refractivity contribution in [3.05, 3.63) is 53.6 Å². The first-order chi connectivity index (χ1) is 9.08. The number of aliphatic hydroxyl groups excluding tert-OH is 1. The summed E-state index contributed by atoms with van der Waals surface area (Å²) in [6.07, 6.45) is 1.32. The first-order valence-corrected chi connectivity index (χ1v) is 6.10. The summed E-state index contributed by atoms with van der Waals surface area (Å²) in [4.78, 5) is 4.16. The molecule has 0 aliphatic rings. The average Bonchev–Trinajstić information content (AvgIpc) is 2.81. The van der Waals surface area contributed by atoms with Crippen LogP contribution in [0.2, 0.25) is 0 Å². The maximum atomic E-state index is 12.6. The third-order valence-electron chi connectivity index (χ3n) is 3.11. The lowest BCUT2D eigenvalue weighted by molar-refractivity contribution is 0.148. The van der Waals surface area contributed by atoms with Gasteiger partial charge in [-0.2, -0.15) is 0 Å². The van der Waals surface area contributed by atoms with Crippen molar-refractivity contribution in [1.82, 2.24) is 9.55 Å². The van der Waals surface area contributed by atoms with Crippen molar-refractivity contribution in [2.24, 2.45) is 7.05 Å². The molecule has 1 aromatic carbocycles. The Kier molecular flexibility index (Phi) is 4.27. The number of alkyl halides is 2. The predicted octanol–water partition coefficient (Wildman–Crippen LogP) is 3.02. The Morgan fingerprint density at radius 3 is 2.68 bits per heavy atom. The SMILES string of the molecule is Cn1ccnc1CCC(O)c1cccc(C(F)F)c1. The number of halogens is 2. The third-order valence-corrected chi connectivity index (χ3v) is 3.11. The lowest BCUT2D eigenvalue weighted by Crippen LogP contribution is -2.04. The second-order valence-corrected chi connectivity index (χ2v) is 4.48. The summed E-state index contributed by atoms with van der Waals surface area (Å²) in [5.74, 6) is 0.865. The van der Waals surface area contributed by atoms with Gasteiger partial charge in [-0.1, -0.05) is 18.2 Å². The zero-order valence-corrected chi connectivity index (χ0v) is 10.6. The molecule has 102 valence electrons. The molecular weight excluding hydrogens is 250 g/mol. The number of hydrogen-bond acceptors (Lipinski definition) is 2. The highest BCUT2D eigenvalue weighted by Gasteiger charge is 2.13. The monoisotopic (exact) mass is 266 g/mol. The van der Waals surface area contributed by atoms with Gasteiger partial charge in [0, 0.05) is 31.4 Å². The number of rotatable bonds is 5. The molecule has 1 unspecified atom stereocenters. The van der Waals surface area contributed by atoms with Crippen LogP contribution < -0.4 is 0 Å². The van der Waals surface area contributed by atoms with E-state index >= 15 is 0 Å². The van der Waals surface area contributed by atoms with Gasteiger partial charge < -0.3 is 9.67 Å². The molecule has 0 spiro atoms. The summed E-state index contributed by atoms with van der Waals surface area (Å²) in [5.41, 5.74) is 0.459. The Hall–Kier alpha value is -1.75. The molecule has 0 bridgehead atoms.